The molecule has 0 unspecified atom stereocenters. The Balaban J connectivity index is 0.00000480. The second-order valence-electron chi connectivity index (χ2n) is 7.52. The lowest BCUT2D eigenvalue weighted by Gasteiger charge is -2.20. The molecule has 0 spiro atoms. The van der Waals surface area contributed by atoms with Gasteiger partial charge in [0, 0.05) is 53.5 Å². The molecule has 0 radical (unpaired) electrons. The van der Waals surface area contributed by atoms with Crippen molar-refractivity contribution in [3.05, 3.63) is 59.5 Å². The van der Waals surface area contributed by atoms with E-state index in [-0.39, 0.29) is 24.0 Å². The molecule has 0 aliphatic carbocycles. The summed E-state index contributed by atoms with van der Waals surface area (Å²) in [6, 6.07) is 12.5. The minimum atomic E-state index is 0. The summed E-state index contributed by atoms with van der Waals surface area (Å²) >= 11 is 0. The van der Waals surface area contributed by atoms with Gasteiger partial charge in [0.15, 0.2) is 5.96 Å². The molecule has 0 amide bonds. The molecule has 7 nitrogen and oxygen atoms in total. The molecule has 2 N–H and O–H groups in total. The van der Waals surface area contributed by atoms with Gasteiger partial charge < -0.3 is 24.7 Å². The van der Waals surface area contributed by atoms with Crippen LogP contribution in [0.25, 0.3) is 0 Å². The van der Waals surface area contributed by atoms with Crippen LogP contribution in [0.2, 0.25) is 0 Å². The molecule has 0 atom stereocenters. The summed E-state index contributed by atoms with van der Waals surface area (Å²) in [5.41, 5.74) is 2.57. The summed E-state index contributed by atoms with van der Waals surface area (Å²) in [6.07, 6.45) is 2.77. The normalized spacial score (nSPS) is 11.6. The highest BCUT2D eigenvalue weighted by Gasteiger charge is 2.08. The molecule has 1 heterocycles. The number of methoxy groups -OCH3 is 1. The van der Waals surface area contributed by atoms with Crippen molar-refractivity contribution in [3.8, 4) is 0 Å². The van der Waals surface area contributed by atoms with Gasteiger partial charge in [0.05, 0.1) is 12.8 Å². The predicted octanol–water partition coefficient (Wildman–Crippen LogP) is 3.16. The van der Waals surface area contributed by atoms with Crippen LogP contribution in [0.1, 0.15) is 23.3 Å². The molecule has 8 heteroatoms. The maximum atomic E-state index is 5.46. The monoisotopic (exact) mass is 543 g/mol. The summed E-state index contributed by atoms with van der Waals surface area (Å²) in [4.78, 5) is 8.90. The third-order valence-corrected chi connectivity index (χ3v) is 4.91. The predicted molar refractivity (Wildman–Crippen MR) is 138 cm³/mol. The number of nitrogens with one attached hydrogen (secondary N) is 2. The number of hydrogen-bond donors (Lipinski definition) is 2. The lowest BCUT2D eigenvalue weighted by Crippen LogP contribution is -2.41. The number of nitrogens with zero attached hydrogens (tertiary/aromatic N) is 3. The minimum Gasteiger partial charge on any atom is -0.468 e. The smallest absolute Gasteiger partial charge is 0.191 e. The van der Waals surface area contributed by atoms with Gasteiger partial charge in [0.1, 0.15) is 5.76 Å². The Labute approximate surface area is 204 Å². The second-order valence-corrected chi connectivity index (χ2v) is 7.52. The summed E-state index contributed by atoms with van der Waals surface area (Å²) < 4.78 is 10.6. The van der Waals surface area contributed by atoms with Crippen molar-refractivity contribution in [1.29, 1.82) is 0 Å². The van der Waals surface area contributed by atoms with Gasteiger partial charge in [-0.1, -0.05) is 24.3 Å². The van der Waals surface area contributed by atoms with Crippen molar-refractivity contribution in [3.63, 3.8) is 0 Å². The number of halogens is 1. The van der Waals surface area contributed by atoms with E-state index in [4.69, 9.17) is 9.15 Å². The standard InChI is InChI=1S/C23H37N5O2.HI/c1-24-23(25-12-14-27(2)13-8-15-29-4)26-17-20-9-5-6-10-21(20)18-28(3)19-22-11-7-16-30-22;/h5-7,9-11,16H,8,12-15,17-19H2,1-4H3,(H2,24,25,26);1H. The number of rotatable bonds is 13. The molecule has 1 aromatic carbocycles. The Morgan fingerprint density at radius 2 is 1.77 bits per heavy atom. The van der Waals surface area contributed by atoms with E-state index in [0.29, 0.717) is 0 Å². The molecule has 2 rings (SSSR count). The Morgan fingerprint density at radius 3 is 2.45 bits per heavy atom. The van der Waals surface area contributed by atoms with Crippen LogP contribution in [0.15, 0.2) is 52.1 Å². The number of aliphatic imine (C=N–C) groups is 1. The molecule has 31 heavy (non-hydrogen) atoms. The van der Waals surface area contributed by atoms with E-state index >= 15 is 0 Å². The first-order valence-electron chi connectivity index (χ1n) is 10.5. The second kappa shape index (κ2) is 16.1. The SMILES string of the molecule is CN=C(NCCN(C)CCCOC)NCc1ccccc1CN(C)Cc1ccco1.I. The van der Waals surface area contributed by atoms with Crippen LogP contribution in [-0.4, -0.2) is 70.3 Å². The van der Waals surface area contributed by atoms with Crippen LogP contribution >= 0.6 is 24.0 Å². The van der Waals surface area contributed by atoms with Gasteiger partial charge in [-0.25, -0.2) is 0 Å². The number of hydrogen-bond acceptors (Lipinski definition) is 5. The van der Waals surface area contributed by atoms with E-state index in [1.54, 1.807) is 20.4 Å². The zero-order valence-corrected chi connectivity index (χ0v) is 21.6. The summed E-state index contributed by atoms with van der Waals surface area (Å²) in [6.45, 7) is 6.01. The Kier molecular flexibility index (Phi) is 14.2. The Hall–Kier alpha value is -1.62. The molecule has 0 aliphatic rings. The first kappa shape index (κ1) is 27.4. The van der Waals surface area contributed by atoms with Crippen molar-refractivity contribution >= 4 is 29.9 Å². The fourth-order valence-corrected chi connectivity index (χ4v) is 3.25. The summed E-state index contributed by atoms with van der Waals surface area (Å²) in [5.74, 6) is 1.80. The van der Waals surface area contributed by atoms with Crippen LogP contribution in [0.3, 0.4) is 0 Å². The number of furan rings is 1. The Morgan fingerprint density at radius 1 is 1.00 bits per heavy atom. The van der Waals surface area contributed by atoms with E-state index in [9.17, 15) is 0 Å². The van der Waals surface area contributed by atoms with Crippen molar-refractivity contribution in [1.82, 2.24) is 20.4 Å². The van der Waals surface area contributed by atoms with E-state index in [1.807, 2.05) is 12.1 Å². The average molecular weight is 543 g/mol. The summed E-state index contributed by atoms with van der Waals surface area (Å²) in [5, 5.41) is 6.83. The largest absolute Gasteiger partial charge is 0.468 e. The molecule has 0 bridgehead atoms. The third kappa shape index (κ3) is 11.0. The van der Waals surface area contributed by atoms with Crippen LogP contribution in [0, 0.1) is 0 Å². The van der Waals surface area contributed by atoms with Gasteiger partial charge in [0.25, 0.3) is 0 Å². The maximum Gasteiger partial charge on any atom is 0.191 e. The number of likely N-dealkylation sites (N-methyl/N-ethyl adjacent to an activating group) is 1. The van der Waals surface area contributed by atoms with Crippen LogP contribution in [0.5, 0.6) is 0 Å². The highest BCUT2D eigenvalue weighted by molar-refractivity contribution is 14.0. The van der Waals surface area contributed by atoms with Gasteiger partial charge in [-0.05, 0) is 43.8 Å². The van der Waals surface area contributed by atoms with Crippen LogP contribution in [-0.2, 0) is 24.4 Å². The third-order valence-electron chi connectivity index (χ3n) is 4.91. The van der Waals surface area contributed by atoms with E-state index < -0.39 is 0 Å². The molecule has 2 aromatic rings. The summed E-state index contributed by atoms with van der Waals surface area (Å²) in [7, 11) is 7.78. The number of benzene rings is 1. The van der Waals surface area contributed by atoms with Crippen LogP contribution in [0.4, 0.5) is 0 Å². The molecular formula is C23H38IN5O2. The molecule has 1 aromatic heterocycles. The van der Waals surface area contributed by atoms with E-state index in [1.165, 1.54) is 11.1 Å². The molecular weight excluding hydrogens is 505 g/mol. The minimum absolute atomic E-state index is 0. The van der Waals surface area contributed by atoms with Crippen molar-refractivity contribution in [2.24, 2.45) is 4.99 Å². The molecule has 0 saturated carbocycles. The highest BCUT2D eigenvalue weighted by atomic mass is 127. The molecule has 174 valence electrons. The van der Waals surface area contributed by atoms with Gasteiger partial charge >= 0.3 is 0 Å². The first-order valence-corrected chi connectivity index (χ1v) is 10.5. The average Bonchev–Trinajstić information content (AvgIpc) is 3.24. The van der Waals surface area contributed by atoms with Crippen molar-refractivity contribution in [2.45, 2.75) is 26.1 Å². The first-order chi connectivity index (χ1) is 14.6. The fourth-order valence-electron chi connectivity index (χ4n) is 3.25. The van der Waals surface area contributed by atoms with E-state index in [0.717, 1.165) is 64.0 Å². The number of ether oxygens (including phenoxy) is 1. The Bertz CT molecular complexity index is 739. The fraction of sp³-hybridized carbons (Fsp3) is 0.522. The topological polar surface area (TPSA) is 65.3 Å². The lowest BCUT2D eigenvalue weighted by molar-refractivity contribution is 0.180. The quantitative estimate of drug-likeness (QED) is 0.175. The highest BCUT2D eigenvalue weighted by Crippen LogP contribution is 2.13. The van der Waals surface area contributed by atoms with E-state index in [2.05, 4.69) is 63.8 Å². The zero-order chi connectivity index (χ0) is 21.6. The van der Waals surface area contributed by atoms with Gasteiger partial charge in [-0.2, -0.15) is 0 Å². The maximum absolute atomic E-state index is 5.46. The zero-order valence-electron chi connectivity index (χ0n) is 19.3. The molecule has 0 fully saturated rings. The molecule has 0 aliphatic heterocycles. The van der Waals surface area contributed by atoms with Gasteiger partial charge in [-0.15, -0.1) is 24.0 Å². The van der Waals surface area contributed by atoms with Crippen molar-refractivity contribution in [2.75, 3.05) is 54.5 Å². The van der Waals surface area contributed by atoms with Crippen molar-refractivity contribution < 1.29 is 9.15 Å². The lowest BCUT2D eigenvalue weighted by atomic mass is 10.1. The number of guanidine groups is 1. The molecule has 0 saturated heterocycles. The van der Waals surface area contributed by atoms with Gasteiger partial charge in [0.2, 0.25) is 0 Å². The van der Waals surface area contributed by atoms with Crippen LogP contribution < -0.4 is 10.6 Å². The van der Waals surface area contributed by atoms with Gasteiger partial charge in [-0.3, -0.25) is 9.89 Å².